The molecule has 0 aromatic heterocycles. The molecule has 6 rings (SSSR count). The minimum absolute atomic E-state index is 0.0854. The van der Waals surface area contributed by atoms with E-state index in [4.69, 9.17) is 0 Å². The van der Waals surface area contributed by atoms with Gasteiger partial charge in [-0.1, -0.05) is 15.9 Å². The van der Waals surface area contributed by atoms with Gasteiger partial charge < -0.3 is 10.0 Å². The van der Waals surface area contributed by atoms with Gasteiger partial charge in [0, 0.05) is 28.4 Å². The van der Waals surface area contributed by atoms with Crippen LogP contribution in [0.4, 0.5) is 5.69 Å². The molecule has 1 atom stereocenters. The molecule has 4 nitrogen and oxygen atoms in total. The normalized spacial score (nSPS) is 39.1. The van der Waals surface area contributed by atoms with Crippen LogP contribution in [0.3, 0.4) is 0 Å². The molecule has 4 aliphatic carbocycles. The molecule has 0 saturated heterocycles. The lowest BCUT2D eigenvalue weighted by molar-refractivity contribution is -0.154. The summed E-state index contributed by atoms with van der Waals surface area (Å²) in [4.78, 5) is 28.3. The first kappa shape index (κ1) is 17.9. The van der Waals surface area contributed by atoms with Gasteiger partial charge in [0.25, 0.3) is 5.91 Å². The van der Waals surface area contributed by atoms with Crippen molar-refractivity contribution in [2.45, 2.75) is 57.5 Å². The second-order valence-corrected chi connectivity index (χ2v) is 10.3. The third-order valence-electron chi connectivity index (χ3n) is 7.66. The molecule has 5 aliphatic rings. The lowest BCUT2D eigenvalue weighted by atomic mass is 9.48. The van der Waals surface area contributed by atoms with E-state index < -0.39 is 5.60 Å². The molecule has 0 spiro atoms. The number of aliphatic hydroxyl groups is 1. The van der Waals surface area contributed by atoms with E-state index in [2.05, 4.69) is 15.9 Å². The number of amides is 1. The van der Waals surface area contributed by atoms with Crippen LogP contribution in [0.25, 0.3) is 0 Å². The summed E-state index contributed by atoms with van der Waals surface area (Å²) in [5.41, 5.74) is -0.722. The molecule has 1 heterocycles. The highest BCUT2D eigenvalue weighted by molar-refractivity contribution is 9.10. The number of likely N-dealkylation sites (N-methyl/N-ethyl adjacent to an activating group) is 1. The Morgan fingerprint density at radius 2 is 1.78 bits per heavy atom. The van der Waals surface area contributed by atoms with Crippen LogP contribution in [-0.4, -0.2) is 23.3 Å². The van der Waals surface area contributed by atoms with Gasteiger partial charge in [-0.3, -0.25) is 9.59 Å². The number of nitrogens with zero attached hydrogens (tertiary/aromatic N) is 1. The van der Waals surface area contributed by atoms with Crippen LogP contribution in [0.2, 0.25) is 0 Å². The molecule has 0 unspecified atom stereocenters. The first-order valence-corrected chi connectivity index (χ1v) is 11.0. The zero-order valence-electron chi connectivity index (χ0n) is 15.7. The molecular weight excluding hydrogens is 406 g/mol. The van der Waals surface area contributed by atoms with Gasteiger partial charge in [0.1, 0.15) is 5.78 Å². The summed E-state index contributed by atoms with van der Waals surface area (Å²) in [7, 11) is 0. The van der Waals surface area contributed by atoms with Crippen molar-refractivity contribution in [1.82, 2.24) is 0 Å². The van der Waals surface area contributed by atoms with Crippen LogP contribution in [-0.2, 0) is 15.2 Å². The number of rotatable bonds is 4. The monoisotopic (exact) mass is 431 g/mol. The molecular formula is C22H26BrNO3. The quantitative estimate of drug-likeness (QED) is 0.777. The van der Waals surface area contributed by atoms with Crippen LogP contribution >= 0.6 is 15.9 Å². The zero-order valence-corrected chi connectivity index (χ0v) is 17.3. The van der Waals surface area contributed by atoms with Gasteiger partial charge >= 0.3 is 0 Å². The maximum Gasteiger partial charge on any atom is 0.264 e. The number of Topliss-reactive ketones (excluding diaryl/α,β-unsaturated/α-hetero) is 1. The topological polar surface area (TPSA) is 57.6 Å². The second-order valence-electron chi connectivity index (χ2n) is 9.37. The Bertz CT molecular complexity index is 800. The van der Waals surface area contributed by atoms with Crippen molar-refractivity contribution in [3.63, 3.8) is 0 Å². The number of benzene rings is 1. The van der Waals surface area contributed by atoms with Crippen molar-refractivity contribution in [2.24, 2.45) is 23.2 Å². The molecule has 1 aromatic carbocycles. The third kappa shape index (κ3) is 2.50. The number of fused-ring (bicyclic) bond motifs is 1. The van der Waals surface area contributed by atoms with E-state index in [0.717, 1.165) is 29.4 Å². The largest absolute Gasteiger partial charge is 0.375 e. The highest BCUT2D eigenvalue weighted by Gasteiger charge is 2.58. The Labute approximate surface area is 168 Å². The molecule has 4 fully saturated rings. The van der Waals surface area contributed by atoms with Crippen LogP contribution in [0.15, 0.2) is 22.7 Å². The summed E-state index contributed by atoms with van der Waals surface area (Å²) in [5.74, 6) is 1.77. The number of hydrogen-bond donors (Lipinski definition) is 1. The number of carbonyl (C=O) groups excluding carboxylic acids is 2. The van der Waals surface area contributed by atoms with Crippen molar-refractivity contribution in [3.05, 3.63) is 28.2 Å². The summed E-state index contributed by atoms with van der Waals surface area (Å²) in [6.45, 7) is 2.39. The van der Waals surface area contributed by atoms with E-state index >= 15 is 0 Å². The summed E-state index contributed by atoms with van der Waals surface area (Å²) >= 11 is 3.45. The minimum Gasteiger partial charge on any atom is -0.375 e. The maximum absolute atomic E-state index is 13.6. The fourth-order valence-corrected chi connectivity index (χ4v) is 7.24. The molecule has 4 saturated carbocycles. The highest BCUT2D eigenvalue weighted by atomic mass is 79.9. The Hall–Kier alpha value is -1.20. The van der Waals surface area contributed by atoms with Gasteiger partial charge in [-0.05, 0) is 81.4 Å². The van der Waals surface area contributed by atoms with Crippen molar-refractivity contribution in [3.8, 4) is 0 Å². The first-order chi connectivity index (χ1) is 12.8. The van der Waals surface area contributed by atoms with Crippen molar-refractivity contribution in [2.75, 3.05) is 11.4 Å². The van der Waals surface area contributed by atoms with Gasteiger partial charge in [-0.15, -0.1) is 0 Å². The van der Waals surface area contributed by atoms with Gasteiger partial charge in [0.2, 0.25) is 0 Å². The molecule has 27 heavy (non-hydrogen) atoms. The van der Waals surface area contributed by atoms with E-state index in [1.165, 1.54) is 19.3 Å². The van der Waals surface area contributed by atoms with Gasteiger partial charge in [0.15, 0.2) is 5.60 Å². The Morgan fingerprint density at radius 1 is 1.19 bits per heavy atom. The zero-order chi connectivity index (χ0) is 19.0. The summed E-state index contributed by atoms with van der Waals surface area (Å²) < 4.78 is 0.813. The standard InChI is InChI=1S/C22H26BrNO3/c1-2-24-18-4-3-16(23)8-17(18)22(27,20(24)26)12-19(25)21-9-13-5-14(10-21)7-15(6-13)11-21/h3-4,8,13-15,27H,2,5-7,9-12H2,1H3/t13?,14?,15?,21?,22-/m1/s1. The predicted octanol–water partition coefficient (Wildman–Crippen LogP) is 4.18. The SMILES string of the molecule is CCN1C(=O)[C@@](O)(CC(=O)C23CC4CC(CC(C4)C2)C3)c2cc(Br)ccc21. The van der Waals surface area contributed by atoms with Gasteiger partial charge in [0.05, 0.1) is 5.69 Å². The number of ketones is 1. The van der Waals surface area contributed by atoms with Crippen LogP contribution in [0.5, 0.6) is 0 Å². The summed E-state index contributed by atoms with van der Waals surface area (Å²) in [6, 6.07) is 5.53. The number of halogens is 1. The summed E-state index contributed by atoms with van der Waals surface area (Å²) in [5, 5.41) is 11.5. The van der Waals surface area contributed by atoms with Gasteiger partial charge in [-0.2, -0.15) is 0 Å². The number of carbonyl (C=O) groups is 2. The van der Waals surface area contributed by atoms with Crippen molar-refractivity contribution in [1.29, 1.82) is 0 Å². The average molecular weight is 432 g/mol. The Kier molecular flexibility index (Phi) is 3.90. The van der Waals surface area contributed by atoms with E-state index in [1.54, 1.807) is 11.0 Å². The molecule has 1 amide bonds. The minimum atomic E-state index is -1.73. The predicted molar refractivity (Wildman–Crippen MR) is 106 cm³/mol. The molecule has 144 valence electrons. The molecule has 1 aromatic rings. The maximum atomic E-state index is 13.6. The van der Waals surface area contributed by atoms with Crippen molar-refractivity contribution < 1.29 is 14.7 Å². The number of anilines is 1. The van der Waals surface area contributed by atoms with E-state index in [9.17, 15) is 14.7 Å². The first-order valence-electron chi connectivity index (χ1n) is 10.2. The third-order valence-corrected chi connectivity index (χ3v) is 8.15. The van der Waals surface area contributed by atoms with Crippen molar-refractivity contribution >= 4 is 33.3 Å². The molecule has 1 aliphatic heterocycles. The molecule has 1 N–H and O–H groups in total. The van der Waals surface area contributed by atoms with Crippen LogP contribution < -0.4 is 4.90 Å². The fraction of sp³-hybridized carbons (Fsp3) is 0.636. The molecule has 5 heteroatoms. The molecule has 0 radical (unpaired) electrons. The summed E-state index contributed by atoms with van der Waals surface area (Å²) in [6.07, 6.45) is 6.62. The van der Waals surface area contributed by atoms with Gasteiger partial charge in [-0.25, -0.2) is 0 Å². The highest BCUT2D eigenvalue weighted by Crippen LogP contribution is 2.61. The Morgan fingerprint density at radius 3 is 2.33 bits per heavy atom. The van der Waals surface area contributed by atoms with E-state index in [1.807, 2.05) is 19.1 Å². The number of hydrogen-bond acceptors (Lipinski definition) is 3. The van der Waals surface area contributed by atoms with Crippen LogP contribution in [0, 0.1) is 23.2 Å². The lowest BCUT2D eigenvalue weighted by Gasteiger charge is -2.56. The molecule has 4 bridgehead atoms. The second kappa shape index (κ2) is 5.90. The van der Waals surface area contributed by atoms with E-state index in [-0.39, 0.29) is 23.5 Å². The fourth-order valence-electron chi connectivity index (χ4n) is 6.88. The lowest BCUT2D eigenvalue weighted by Crippen LogP contribution is -2.52. The average Bonchev–Trinajstić information content (AvgIpc) is 2.81. The Balaban J connectivity index is 1.49. The van der Waals surface area contributed by atoms with E-state index in [0.29, 0.717) is 29.9 Å². The van der Waals surface area contributed by atoms with Crippen LogP contribution in [0.1, 0.15) is 57.4 Å². The smallest absolute Gasteiger partial charge is 0.264 e.